The molecule has 2 fully saturated rings. The van der Waals surface area contributed by atoms with Gasteiger partial charge in [-0.3, -0.25) is 9.69 Å². The van der Waals surface area contributed by atoms with Crippen molar-refractivity contribution in [2.24, 2.45) is 5.92 Å². The van der Waals surface area contributed by atoms with E-state index in [0.717, 1.165) is 51.0 Å². The minimum absolute atomic E-state index is 0.0219. The van der Waals surface area contributed by atoms with Crippen molar-refractivity contribution >= 4 is 12.0 Å². The Hall–Kier alpha value is -3.64. The number of amides is 2. The third-order valence-electron chi connectivity index (χ3n) is 7.64. The number of alkyl carbamates (subject to hydrolysis) is 1. The van der Waals surface area contributed by atoms with E-state index < -0.39 is 11.6 Å². The highest BCUT2D eigenvalue weighted by Gasteiger charge is 2.62. The minimum Gasteiger partial charge on any atom is -0.445 e. The van der Waals surface area contributed by atoms with Gasteiger partial charge in [-0.05, 0) is 42.4 Å². The summed E-state index contributed by atoms with van der Waals surface area (Å²) in [6.45, 7) is 3.96. The van der Waals surface area contributed by atoms with Crippen LogP contribution in [0.15, 0.2) is 91.0 Å². The number of benzene rings is 3. The van der Waals surface area contributed by atoms with Crippen molar-refractivity contribution in [1.82, 2.24) is 15.1 Å². The van der Waals surface area contributed by atoms with Gasteiger partial charge in [0.05, 0.1) is 0 Å². The average Bonchev–Trinajstić information content (AvgIpc) is 3.65. The lowest BCUT2D eigenvalue weighted by Gasteiger charge is -2.32. The maximum Gasteiger partial charge on any atom is 0.408 e. The second-order valence-electron chi connectivity index (χ2n) is 10.6. The number of hydrogen-bond acceptors (Lipinski definition) is 4. The van der Waals surface area contributed by atoms with Crippen LogP contribution in [0, 0.1) is 5.92 Å². The fraction of sp³-hybridized carbons (Fsp3) is 0.375. The highest BCUT2D eigenvalue weighted by atomic mass is 16.5. The van der Waals surface area contributed by atoms with E-state index in [1.807, 2.05) is 47.4 Å². The van der Waals surface area contributed by atoms with Gasteiger partial charge in [-0.2, -0.15) is 0 Å². The summed E-state index contributed by atoms with van der Waals surface area (Å²) < 4.78 is 5.55. The second kappa shape index (κ2) is 12.3. The van der Waals surface area contributed by atoms with Crippen molar-refractivity contribution in [2.45, 2.75) is 50.9 Å². The van der Waals surface area contributed by atoms with Crippen LogP contribution in [0.3, 0.4) is 0 Å². The maximum absolute atomic E-state index is 13.8. The summed E-state index contributed by atoms with van der Waals surface area (Å²) in [6.07, 6.45) is 3.27. The maximum atomic E-state index is 13.8. The molecule has 6 nitrogen and oxygen atoms in total. The Kier molecular flexibility index (Phi) is 8.39. The zero-order valence-electron chi connectivity index (χ0n) is 21.9. The summed E-state index contributed by atoms with van der Waals surface area (Å²) in [5.41, 5.74) is 2.47. The second-order valence-corrected chi connectivity index (χ2v) is 10.6. The molecule has 0 spiro atoms. The number of likely N-dealkylation sites (tertiary alicyclic amines) is 1. The Morgan fingerprint density at radius 2 is 1.32 bits per heavy atom. The third-order valence-corrected chi connectivity index (χ3v) is 7.64. The van der Waals surface area contributed by atoms with E-state index in [1.54, 1.807) is 0 Å². The molecule has 3 aromatic rings. The smallest absolute Gasteiger partial charge is 0.408 e. The van der Waals surface area contributed by atoms with Crippen LogP contribution < -0.4 is 5.32 Å². The molecule has 2 atom stereocenters. The minimum atomic E-state index is -0.906. The molecule has 3 aromatic carbocycles. The number of nitrogens with zero attached hydrogens (tertiary/aromatic N) is 2. The summed E-state index contributed by atoms with van der Waals surface area (Å²) >= 11 is 0. The Labute approximate surface area is 225 Å². The molecule has 1 saturated heterocycles. The van der Waals surface area contributed by atoms with E-state index >= 15 is 0 Å². The van der Waals surface area contributed by atoms with Gasteiger partial charge in [0.15, 0.2) is 0 Å². The van der Waals surface area contributed by atoms with Crippen LogP contribution in [-0.4, -0.2) is 47.0 Å². The van der Waals surface area contributed by atoms with Gasteiger partial charge in [-0.25, -0.2) is 4.79 Å². The Balaban J connectivity index is 1.31. The predicted molar refractivity (Wildman–Crippen MR) is 148 cm³/mol. The summed E-state index contributed by atoms with van der Waals surface area (Å²) in [6, 6.07) is 30.4. The number of nitrogens with one attached hydrogen (secondary N) is 1. The molecule has 0 aromatic heterocycles. The molecule has 198 valence electrons. The van der Waals surface area contributed by atoms with Gasteiger partial charge in [-0.1, -0.05) is 91.0 Å². The fourth-order valence-corrected chi connectivity index (χ4v) is 5.52. The summed E-state index contributed by atoms with van der Waals surface area (Å²) in [4.78, 5) is 31.1. The largest absolute Gasteiger partial charge is 0.445 e. The first-order chi connectivity index (χ1) is 18.6. The lowest BCUT2D eigenvalue weighted by atomic mass is 10.1. The molecule has 1 aliphatic heterocycles. The van der Waals surface area contributed by atoms with Crippen LogP contribution >= 0.6 is 0 Å². The number of piperidine rings is 1. The molecule has 38 heavy (non-hydrogen) atoms. The molecule has 2 aliphatic rings. The number of ether oxygens (including phenoxy) is 1. The van der Waals surface area contributed by atoms with Gasteiger partial charge in [0.1, 0.15) is 12.1 Å². The zero-order valence-corrected chi connectivity index (χ0v) is 21.9. The third kappa shape index (κ3) is 6.62. The molecule has 1 saturated carbocycles. The first-order valence-corrected chi connectivity index (χ1v) is 13.7. The Bertz CT molecular complexity index is 1140. The quantitative estimate of drug-likeness (QED) is 0.397. The highest BCUT2D eigenvalue weighted by molar-refractivity contribution is 5.93. The zero-order chi connectivity index (χ0) is 26.2. The normalized spacial score (nSPS) is 20.7. The molecule has 0 bridgehead atoms. The molecule has 0 unspecified atom stereocenters. The first-order valence-electron chi connectivity index (χ1n) is 13.7. The van der Waals surface area contributed by atoms with Crippen molar-refractivity contribution in [1.29, 1.82) is 0 Å². The molecular weight excluding hydrogens is 474 g/mol. The summed E-state index contributed by atoms with van der Waals surface area (Å²) in [5.74, 6) is 0.0619. The van der Waals surface area contributed by atoms with Crippen molar-refractivity contribution in [3.05, 3.63) is 108 Å². The van der Waals surface area contributed by atoms with Crippen LogP contribution in [0.2, 0.25) is 0 Å². The highest BCUT2D eigenvalue weighted by Crippen LogP contribution is 2.46. The lowest BCUT2D eigenvalue weighted by molar-refractivity contribution is -0.136. The van der Waals surface area contributed by atoms with E-state index in [0.29, 0.717) is 13.0 Å². The van der Waals surface area contributed by atoms with Gasteiger partial charge in [0.2, 0.25) is 5.91 Å². The molecular formula is C32H37N3O3. The van der Waals surface area contributed by atoms with Crippen LogP contribution in [0.4, 0.5) is 4.79 Å². The lowest BCUT2D eigenvalue weighted by Crippen LogP contribution is -2.54. The molecule has 1 aliphatic carbocycles. The van der Waals surface area contributed by atoms with Crippen LogP contribution in [0.25, 0.3) is 0 Å². The van der Waals surface area contributed by atoms with Crippen LogP contribution in [0.5, 0.6) is 0 Å². The van der Waals surface area contributed by atoms with Gasteiger partial charge in [0, 0.05) is 38.6 Å². The van der Waals surface area contributed by atoms with Crippen LogP contribution in [-0.2, 0) is 29.2 Å². The van der Waals surface area contributed by atoms with Crippen molar-refractivity contribution < 1.29 is 14.3 Å². The molecule has 5 rings (SSSR count). The van der Waals surface area contributed by atoms with E-state index in [4.69, 9.17) is 4.74 Å². The first kappa shape index (κ1) is 26.0. The van der Waals surface area contributed by atoms with Crippen molar-refractivity contribution in [3.63, 3.8) is 0 Å². The molecule has 6 heteroatoms. The van der Waals surface area contributed by atoms with E-state index in [9.17, 15) is 9.59 Å². The molecule has 1 heterocycles. The van der Waals surface area contributed by atoms with E-state index in [1.165, 1.54) is 11.1 Å². The average molecular weight is 512 g/mol. The molecule has 1 N–H and O–H groups in total. The van der Waals surface area contributed by atoms with Crippen LogP contribution in [0.1, 0.15) is 42.4 Å². The molecule has 0 radical (unpaired) electrons. The van der Waals surface area contributed by atoms with Gasteiger partial charge >= 0.3 is 6.09 Å². The topological polar surface area (TPSA) is 61.9 Å². The monoisotopic (exact) mass is 511 g/mol. The number of rotatable bonds is 10. The van der Waals surface area contributed by atoms with Gasteiger partial charge < -0.3 is 15.0 Å². The summed E-state index contributed by atoms with van der Waals surface area (Å²) in [5, 5.41) is 3.04. The number of carbonyl (C=O) groups excluding carboxylic acids is 2. The van der Waals surface area contributed by atoms with E-state index in [2.05, 4.69) is 58.7 Å². The van der Waals surface area contributed by atoms with Crippen molar-refractivity contribution in [3.8, 4) is 0 Å². The molecule has 2 amide bonds. The standard InChI is InChI=1S/C32H37N3O3/c36-30(35-19-11-4-12-20-35)32(33-31(37)38-25-28-17-9-3-10-18-28)21-29(32)24-34(22-26-13-5-1-6-14-26)23-27-15-7-2-8-16-27/h1-3,5-10,13-18,29H,4,11-12,19-25H2,(H,33,37)/t29-,32-/m1/s1. The number of hydrogen-bond donors (Lipinski definition) is 1. The number of carbonyl (C=O) groups is 2. The Morgan fingerprint density at radius 3 is 1.87 bits per heavy atom. The predicted octanol–water partition coefficient (Wildman–Crippen LogP) is 5.39. The fourth-order valence-electron chi connectivity index (χ4n) is 5.52. The van der Waals surface area contributed by atoms with Gasteiger partial charge in [0.25, 0.3) is 0 Å². The SMILES string of the molecule is O=C(N[C@]1(C(=O)N2CCCCC2)C[C@@H]1CN(Cc1ccccc1)Cc1ccccc1)OCc1ccccc1. The van der Waals surface area contributed by atoms with E-state index in [-0.39, 0.29) is 18.4 Å². The van der Waals surface area contributed by atoms with Gasteiger partial charge in [-0.15, -0.1) is 0 Å². The Morgan fingerprint density at radius 1 is 0.789 bits per heavy atom. The summed E-state index contributed by atoms with van der Waals surface area (Å²) in [7, 11) is 0. The van der Waals surface area contributed by atoms with Crippen molar-refractivity contribution in [2.75, 3.05) is 19.6 Å².